The second kappa shape index (κ2) is 8.54. The first kappa shape index (κ1) is 19.3. The van der Waals surface area contributed by atoms with Crippen LogP contribution in [0.3, 0.4) is 0 Å². The first-order chi connectivity index (χ1) is 14.1. The number of nitrogens with one attached hydrogen (secondary N) is 2. The molecule has 0 spiro atoms. The Morgan fingerprint density at radius 1 is 1.21 bits per heavy atom. The number of hydrogen-bond donors (Lipinski definition) is 2. The van der Waals surface area contributed by atoms with Crippen molar-refractivity contribution >= 4 is 22.6 Å². The minimum Gasteiger partial charge on any atom is -0.360 e. The van der Waals surface area contributed by atoms with Crippen LogP contribution in [0.1, 0.15) is 18.0 Å². The van der Waals surface area contributed by atoms with Crippen molar-refractivity contribution < 1.29 is 9.32 Å². The lowest BCUT2D eigenvalue weighted by molar-refractivity contribution is -0.116. The van der Waals surface area contributed by atoms with E-state index >= 15 is 0 Å². The number of hydrogen-bond acceptors (Lipinski definition) is 7. The Labute approximate surface area is 167 Å². The van der Waals surface area contributed by atoms with Crippen LogP contribution in [-0.4, -0.2) is 63.6 Å². The van der Waals surface area contributed by atoms with E-state index in [0.717, 1.165) is 31.7 Å². The van der Waals surface area contributed by atoms with Gasteiger partial charge in [0, 0.05) is 45.2 Å². The first-order valence-electron chi connectivity index (χ1n) is 9.72. The number of rotatable bonds is 6. The van der Waals surface area contributed by atoms with Crippen molar-refractivity contribution in [2.24, 2.45) is 0 Å². The van der Waals surface area contributed by atoms with Gasteiger partial charge in [0.2, 0.25) is 5.91 Å². The molecule has 3 aromatic rings. The van der Waals surface area contributed by atoms with Gasteiger partial charge in [0.25, 0.3) is 5.56 Å². The van der Waals surface area contributed by atoms with E-state index in [1.165, 1.54) is 0 Å². The van der Waals surface area contributed by atoms with Gasteiger partial charge in [-0.15, -0.1) is 0 Å². The smallest absolute Gasteiger partial charge is 0.258 e. The van der Waals surface area contributed by atoms with Crippen molar-refractivity contribution in [3.05, 3.63) is 52.3 Å². The van der Waals surface area contributed by atoms with Gasteiger partial charge in [-0.05, 0) is 19.1 Å². The average Bonchev–Trinajstić information content (AvgIpc) is 3.12. The van der Waals surface area contributed by atoms with Crippen molar-refractivity contribution in [1.82, 2.24) is 24.9 Å². The highest BCUT2D eigenvalue weighted by atomic mass is 16.5. The van der Waals surface area contributed by atoms with Gasteiger partial charge in [0.05, 0.1) is 17.4 Å². The number of amides is 1. The van der Waals surface area contributed by atoms with Crippen molar-refractivity contribution in [3.63, 3.8) is 0 Å². The zero-order valence-corrected chi connectivity index (χ0v) is 16.4. The first-order valence-corrected chi connectivity index (χ1v) is 9.72. The molecule has 9 nitrogen and oxygen atoms in total. The molecule has 4 rings (SSSR count). The molecule has 0 radical (unpaired) electrons. The van der Waals surface area contributed by atoms with Crippen LogP contribution in [0.2, 0.25) is 0 Å². The molecule has 2 aromatic heterocycles. The van der Waals surface area contributed by atoms with Gasteiger partial charge in [0.1, 0.15) is 11.6 Å². The summed E-state index contributed by atoms with van der Waals surface area (Å²) in [5.74, 6) is 1.73. The van der Waals surface area contributed by atoms with Crippen molar-refractivity contribution in [1.29, 1.82) is 0 Å². The summed E-state index contributed by atoms with van der Waals surface area (Å²) in [5.41, 5.74) is 0.621. The Morgan fingerprint density at radius 3 is 2.72 bits per heavy atom. The molecule has 1 fully saturated rings. The molecule has 29 heavy (non-hydrogen) atoms. The highest BCUT2D eigenvalue weighted by molar-refractivity contribution is 5.89. The van der Waals surface area contributed by atoms with E-state index in [1.807, 2.05) is 18.2 Å². The fraction of sp³-hybridized carbons (Fsp3) is 0.400. The van der Waals surface area contributed by atoms with Crippen LogP contribution >= 0.6 is 0 Å². The van der Waals surface area contributed by atoms with E-state index < -0.39 is 0 Å². The van der Waals surface area contributed by atoms with E-state index in [0.29, 0.717) is 42.3 Å². The predicted molar refractivity (Wildman–Crippen MR) is 109 cm³/mol. The zero-order valence-electron chi connectivity index (χ0n) is 16.4. The number of aryl methyl sites for hydroxylation is 1. The van der Waals surface area contributed by atoms with E-state index in [4.69, 9.17) is 4.52 Å². The number of para-hydroxylation sites is 1. The molecular formula is C20H24N6O3. The van der Waals surface area contributed by atoms with Crippen LogP contribution < -0.4 is 10.9 Å². The van der Waals surface area contributed by atoms with Crippen LogP contribution in [0.4, 0.5) is 5.82 Å². The Kier molecular flexibility index (Phi) is 5.68. The van der Waals surface area contributed by atoms with E-state index in [9.17, 15) is 9.59 Å². The number of benzene rings is 1. The van der Waals surface area contributed by atoms with Crippen LogP contribution in [0, 0.1) is 6.92 Å². The standard InChI is InChI=1S/C20H24N6O3/c1-14-12-17(24-29-14)22-19(27)6-7-25-8-10-26(11-9-25)13-18-21-16-5-3-2-4-15(16)20(28)23-18/h2-5,12H,6-11,13H2,1H3,(H,21,23,28)(H,22,24,27). The van der Waals surface area contributed by atoms with E-state index in [1.54, 1.807) is 19.1 Å². The van der Waals surface area contributed by atoms with Crippen molar-refractivity contribution in [2.45, 2.75) is 19.9 Å². The topological polar surface area (TPSA) is 107 Å². The lowest BCUT2D eigenvalue weighted by Gasteiger charge is -2.34. The lowest BCUT2D eigenvalue weighted by atomic mass is 10.2. The van der Waals surface area contributed by atoms with Gasteiger partial charge >= 0.3 is 0 Å². The molecule has 0 aliphatic carbocycles. The van der Waals surface area contributed by atoms with Gasteiger partial charge in [-0.2, -0.15) is 0 Å². The molecule has 1 amide bonds. The number of piperazine rings is 1. The Bertz CT molecular complexity index is 1050. The number of carbonyl (C=O) groups is 1. The fourth-order valence-electron chi connectivity index (χ4n) is 3.48. The second-order valence-electron chi connectivity index (χ2n) is 7.27. The minimum absolute atomic E-state index is 0.0707. The third-order valence-electron chi connectivity index (χ3n) is 5.05. The molecule has 1 aromatic carbocycles. The second-order valence-corrected chi connectivity index (χ2v) is 7.27. The van der Waals surface area contributed by atoms with Crippen molar-refractivity contribution in [3.8, 4) is 0 Å². The number of fused-ring (bicyclic) bond motifs is 1. The van der Waals surface area contributed by atoms with Gasteiger partial charge in [0.15, 0.2) is 5.82 Å². The monoisotopic (exact) mass is 396 g/mol. The predicted octanol–water partition coefficient (Wildman–Crippen LogP) is 1.37. The summed E-state index contributed by atoms with van der Waals surface area (Å²) in [4.78, 5) is 36.2. The van der Waals surface area contributed by atoms with Gasteiger partial charge < -0.3 is 19.7 Å². The van der Waals surface area contributed by atoms with Crippen LogP contribution in [-0.2, 0) is 11.3 Å². The summed E-state index contributed by atoms with van der Waals surface area (Å²) in [6.45, 7) is 6.55. The molecule has 1 saturated heterocycles. The molecule has 3 heterocycles. The molecule has 0 atom stereocenters. The highest BCUT2D eigenvalue weighted by Crippen LogP contribution is 2.10. The fourth-order valence-corrected chi connectivity index (χ4v) is 3.48. The number of aromatic amines is 1. The number of carbonyl (C=O) groups excluding carboxylic acids is 1. The Hall–Kier alpha value is -3.04. The Balaban J connectivity index is 1.24. The average molecular weight is 396 g/mol. The molecule has 0 saturated carbocycles. The van der Waals surface area contributed by atoms with Crippen LogP contribution in [0.5, 0.6) is 0 Å². The molecule has 1 aliphatic heterocycles. The van der Waals surface area contributed by atoms with Gasteiger partial charge in [-0.3, -0.25) is 14.5 Å². The maximum Gasteiger partial charge on any atom is 0.258 e. The SMILES string of the molecule is Cc1cc(NC(=O)CCN2CCN(Cc3nc4ccccc4c(=O)[nH]3)CC2)no1. The summed E-state index contributed by atoms with van der Waals surface area (Å²) < 4.78 is 4.94. The summed E-state index contributed by atoms with van der Waals surface area (Å²) in [7, 11) is 0. The third kappa shape index (κ3) is 4.87. The van der Waals surface area contributed by atoms with Gasteiger partial charge in [-0.25, -0.2) is 4.98 Å². The molecule has 0 bridgehead atoms. The zero-order chi connectivity index (χ0) is 20.2. The largest absolute Gasteiger partial charge is 0.360 e. The molecule has 152 valence electrons. The molecular weight excluding hydrogens is 372 g/mol. The summed E-state index contributed by atoms with van der Waals surface area (Å²) in [6, 6.07) is 9.06. The van der Waals surface area contributed by atoms with Crippen molar-refractivity contribution in [2.75, 3.05) is 38.0 Å². The summed E-state index contributed by atoms with van der Waals surface area (Å²) >= 11 is 0. The quantitative estimate of drug-likeness (QED) is 0.648. The third-order valence-corrected chi connectivity index (χ3v) is 5.05. The number of anilines is 1. The molecule has 0 unspecified atom stereocenters. The molecule has 2 N–H and O–H groups in total. The lowest BCUT2D eigenvalue weighted by Crippen LogP contribution is -2.46. The normalized spacial score (nSPS) is 15.6. The highest BCUT2D eigenvalue weighted by Gasteiger charge is 2.19. The Morgan fingerprint density at radius 2 is 1.97 bits per heavy atom. The maximum atomic E-state index is 12.2. The summed E-state index contributed by atoms with van der Waals surface area (Å²) in [5, 5.41) is 7.12. The van der Waals surface area contributed by atoms with E-state index in [2.05, 4.69) is 30.2 Å². The number of nitrogens with zero attached hydrogens (tertiary/aromatic N) is 4. The number of aromatic nitrogens is 3. The molecule has 1 aliphatic rings. The summed E-state index contributed by atoms with van der Waals surface area (Å²) in [6.07, 6.45) is 0.408. The van der Waals surface area contributed by atoms with Crippen LogP contribution in [0.15, 0.2) is 39.6 Å². The maximum absolute atomic E-state index is 12.2. The minimum atomic E-state index is -0.0995. The molecule has 9 heteroatoms. The number of H-pyrrole nitrogens is 1. The van der Waals surface area contributed by atoms with Gasteiger partial charge in [-0.1, -0.05) is 17.3 Å². The van der Waals surface area contributed by atoms with Crippen LogP contribution in [0.25, 0.3) is 10.9 Å². The van der Waals surface area contributed by atoms with E-state index in [-0.39, 0.29) is 11.5 Å².